The van der Waals surface area contributed by atoms with E-state index in [1.54, 1.807) is 0 Å². The highest BCUT2D eigenvalue weighted by Crippen LogP contribution is 2.30. The molecule has 2 saturated heterocycles. The first-order chi connectivity index (χ1) is 10.5. The number of anilines is 1. The molecule has 0 aromatic carbocycles. The number of carboxylic acids is 1. The van der Waals surface area contributed by atoms with Gasteiger partial charge in [-0.05, 0) is 26.7 Å². The molecule has 0 saturated carbocycles. The van der Waals surface area contributed by atoms with Gasteiger partial charge in [-0.25, -0.2) is 14.8 Å². The second kappa shape index (κ2) is 6.18. The Bertz CT molecular complexity index is 550. The van der Waals surface area contributed by atoms with Crippen molar-refractivity contribution in [2.24, 2.45) is 0 Å². The number of nitrogens with zero attached hydrogens (tertiary/aromatic N) is 3. The van der Waals surface area contributed by atoms with Crippen molar-refractivity contribution >= 4 is 11.9 Å². The number of ether oxygens (including phenoxy) is 2. The molecule has 0 bridgehead atoms. The Morgan fingerprint density at radius 2 is 2.09 bits per heavy atom. The summed E-state index contributed by atoms with van der Waals surface area (Å²) in [5.41, 5.74) is 0.617. The Labute approximate surface area is 129 Å². The van der Waals surface area contributed by atoms with Crippen LogP contribution < -0.4 is 4.90 Å². The second-order valence-corrected chi connectivity index (χ2v) is 5.94. The maximum absolute atomic E-state index is 11.4. The molecule has 0 aliphatic carbocycles. The van der Waals surface area contributed by atoms with Gasteiger partial charge in [0, 0.05) is 25.9 Å². The van der Waals surface area contributed by atoms with Crippen molar-refractivity contribution in [3.05, 3.63) is 17.5 Å². The van der Waals surface area contributed by atoms with E-state index >= 15 is 0 Å². The van der Waals surface area contributed by atoms with Crippen LogP contribution in [0.25, 0.3) is 0 Å². The summed E-state index contributed by atoms with van der Waals surface area (Å²) in [4.78, 5) is 22.2. The smallest absolute Gasteiger partial charge is 0.339 e. The predicted octanol–water partition coefficient (Wildman–Crippen LogP) is 1.64. The van der Waals surface area contributed by atoms with Crippen molar-refractivity contribution in [2.45, 2.75) is 45.0 Å². The van der Waals surface area contributed by atoms with E-state index in [2.05, 4.69) is 9.97 Å². The number of hydrogen-bond acceptors (Lipinski definition) is 6. The van der Waals surface area contributed by atoms with Gasteiger partial charge in [0.05, 0.1) is 17.9 Å². The second-order valence-electron chi connectivity index (χ2n) is 5.94. The van der Waals surface area contributed by atoms with Crippen LogP contribution in [-0.2, 0) is 9.47 Å². The predicted molar refractivity (Wildman–Crippen MR) is 79.1 cm³/mol. The Morgan fingerprint density at radius 1 is 1.36 bits per heavy atom. The molecule has 1 unspecified atom stereocenters. The molecule has 1 aromatic rings. The third kappa shape index (κ3) is 3.05. The van der Waals surface area contributed by atoms with E-state index in [0.717, 1.165) is 12.8 Å². The summed E-state index contributed by atoms with van der Waals surface area (Å²) in [5, 5.41) is 9.34. The molecule has 3 atom stereocenters. The number of carbonyl (C=O) groups is 1. The first-order valence-electron chi connectivity index (χ1n) is 7.67. The maximum Gasteiger partial charge on any atom is 0.339 e. The number of aromatic carboxylic acids is 1. The van der Waals surface area contributed by atoms with Crippen molar-refractivity contribution in [1.82, 2.24) is 9.97 Å². The van der Waals surface area contributed by atoms with Crippen molar-refractivity contribution in [3.8, 4) is 0 Å². The maximum atomic E-state index is 11.4. The van der Waals surface area contributed by atoms with Gasteiger partial charge < -0.3 is 19.5 Å². The SMILES string of the molecule is C[C@@H]1CN(c2ncc(C(=O)O)c(C3CCCO3)n2)C[C@H](C)O1. The number of aromatic nitrogens is 2. The minimum absolute atomic E-state index is 0.0951. The molecule has 2 aliphatic rings. The van der Waals surface area contributed by atoms with E-state index < -0.39 is 5.97 Å². The summed E-state index contributed by atoms with van der Waals surface area (Å²) in [7, 11) is 0. The Hall–Kier alpha value is -1.73. The van der Waals surface area contributed by atoms with E-state index in [0.29, 0.717) is 31.3 Å². The van der Waals surface area contributed by atoms with E-state index in [9.17, 15) is 9.90 Å². The van der Waals surface area contributed by atoms with Crippen molar-refractivity contribution in [3.63, 3.8) is 0 Å². The zero-order chi connectivity index (χ0) is 15.7. The minimum atomic E-state index is -1.01. The zero-order valence-electron chi connectivity index (χ0n) is 12.9. The summed E-state index contributed by atoms with van der Waals surface area (Å²) in [5.74, 6) is -0.460. The lowest BCUT2D eigenvalue weighted by molar-refractivity contribution is -0.00578. The topological polar surface area (TPSA) is 84.8 Å². The van der Waals surface area contributed by atoms with Crippen LogP contribution in [0.5, 0.6) is 0 Å². The number of rotatable bonds is 3. The van der Waals surface area contributed by atoms with Gasteiger partial charge in [0.2, 0.25) is 5.95 Å². The molecule has 3 heterocycles. The van der Waals surface area contributed by atoms with Crippen LogP contribution in [0, 0.1) is 0 Å². The van der Waals surface area contributed by atoms with E-state index in [-0.39, 0.29) is 23.9 Å². The normalized spacial score (nSPS) is 28.8. The third-order valence-electron chi connectivity index (χ3n) is 3.97. The zero-order valence-corrected chi connectivity index (χ0v) is 12.9. The quantitative estimate of drug-likeness (QED) is 0.908. The highest BCUT2D eigenvalue weighted by Gasteiger charge is 2.29. The molecule has 0 radical (unpaired) electrons. The van der Waals surface area contributed by atoms with Gasteiger partial charge in [-0.3, -0.25) is 0 Å². The van der Waals surface area contributed by atoms with E-state index in [4.69, 9.17) is 9.47 Å². The first-order valence-corrected chi connectivity index (χ1v) is 7.67. The lowest BCUT2D eigenvalue weighted by atomic mass is 10.1. The van der Waals surface area contributed by atoms with Gasteiger partial charge >= 0.3 is 5.97 Å². The molecule has 1 N–H and O–H groups in total. The number of carboxylic acid groups (broad SMARTS) is 1. The van der Waals surface area contributed by atoms with Crippen LogP contribution in [0.2, 0.25) is 0 Å². The summed E-state index contributed by atoms with van der Waals surface area (Å²) in [6, 6.07) is 0. The summed E-state index contributed by atoms with van der Waals surface area (Å²) < 4.78 is 11.3. The van der Waals surface area contributed by atoms with E-state index in [1.807, 2.05) is 18.7 Å². The van der Waals surface area contributed by atoms with Crippen LogP contribution in [-0.4, -0.2) is 52.9 Å². The molecular weight excluding hydrogens is 286 g/mol. The fourth-order valence-corrected chi connectivity index (χ4v) is 3.08. The molecule has 7 nitrogen and oxygen atoms in total. The van der Waals surface area contributed by atoms with Gasteiger partial charge in [-0.15, -0.1) is 0 Å². The average Bonchev–Trinajstić information content (AvgIpc) is 2.99. The fourth-order valence-electron chi connectivity index (χ4n) is 3.08. The van der Waals surface area contributed by atoms with Crippen molar-refractivity contribution in [2.75, 3.05) is 24.6 Å². The molecule has 22 heavy (non-hydrogen) atoms. The Balaban J connectivity index is 1.92. The summed E-state index contributed by atoms with van der Waals surface area (Å²) in [6.07, 6.45) is 3.06. The average molecular weight is 307 g/mol. The van der Waals surface area contributed by atoms with Crippen molar-refractivity contribution in [1.29, 1.82) is 0 Å². The van der Waals surface area contributed by atoms with Crippen LogP contribution >= 0.6 is 0 Å². The van der Waals surface area contributed by atoms with Gasteiger partial charge in [0.15, 0.2) is 0 Å². The lowest BCUT2D eigenvalue weighted by Crippen LogP contribution is -2.46. The van der Waals surface area contributed by atoms with E-state index in [1.165, 1.54) is 6.20 Å². The Kier molecular flexibility index (Phi) is 4.26. The largest absolute Gasteiger partial charge is 0.478 e. The van der Waals surface area contributed by atoms with Gasteiger partial charge in [0.1, 0.15) is 11.7 Å². The minimum Gasteiger partial charge on any atom is -0.478 e. The van der Waals surface area contributed by atoms with Gasteiger partial charge in [0.25, 0.3) is 0 Å². The molecule has 3 rings (SSSR count). The van der Waals surface area contributed by atoms with Crippen LogP contribution in [0.1, 0.15) is 48.8 Å². The number of morpholine rings is 1. The first kappa shape index (κ1) is 15.2. The summed E-state index contributed by atoms with van der Waals surface area (Å²) >= 11 is 0. The fraction of sp³-hybridized carbons (Fsp3) is 0.667. The highest BCUT2D eigenvalue weighted by atomic mass is 16.5. The molecule has 0 amide bonds. The van der Waals surface area contributed by atoms with Gasteiger partial charge in [-0.1, -0.05) is 0 Å². The molecule has 0 spiro atoms. The lowest BCUT2D eigenvalue weighted by Gasteiger charge is -2.35. The molecular formula is C15H21N3O4. The van der Waals surface area contributed by atoms with Crippen LogP contribution in [0.3, 0.4) is 0 Å². The van der Waals surface area contributed by atoms with Gasteiger partial charge in [-0.2, -0.15) is 0 Å². The number of hydrogen-bond donors (Lipinski definition) is 1. The molecule has 7 heteroatoms. The van der Waals surface area contributed by atoms with Crippen molar-refractivity contribution < 1.29 is 19.4 Å². The molecule has 2 aliphatic heterocycles. The molecule has 120 valence electrons. The highest BCUT2D eigenvalue weighted by molar-refractivity contribution is 5.88. The monoisotopic (exact) mass is 307 g/mol. The molecule has 1 aromatic heterocycles. The van der Waals surface area contributed by atoms with Crippen LogP contribution in [0.15, 0.2) is 6.20 Å². The molecule has 2 fully saturated rings. The third-order valence-corrected chi connectivity index (χ3v) is 3.97. The van der Waals surface area contributed by atoms with Crippen LogP contribution in [0.4, 0.5) is 5.95 Å². The standard InChI is InChI=1S/C15H21N3O4/c1-9-7-18(8-10(2)22-9)15-16-6-11(14(19)20)13(17-15)12-4-3-5-21-12/h6,9-10,12H,3-5,7-8H2,1-2H3,(H,19,20)/t9-,10+,12?. The summed E-state index contributed by atoms with van der Waals surface area (Å²) in [6.45, 7) is 6.06. The Morgan fingerprint density at radius 3 is 2.68 bits per heavy atom.